The quantitative estimate of drug-likeness (QED) is 0.0293. The molecule has 2 saturated heterocycles. The fraction of sp³-hybridized carbons (Fsp3) is 0.683. The molecule has 0 aromatic carbocycles. The normalized spacial score (nSPS) is 23.2. The summed E-state index contributed by atoms with van der Waals surface area (Å²) in [7, 11) is 0. The zero-order valence-electron chi connectivity index (χ0n) is 47.2. The number of rotatable bonds is 24. The average Bonchev–Trinajstić information content (AvgIpc) is 4.21. The summed E-state index contributed by atoms with van der Waals surface area (Å²) in [5, 5.41) is 2.91. The van der Waals surface area contributed by atoms with E-state index in [2.05, 4.69) is 47.4 Å². The Morgan fingerprint density at radius 3 is 1.13 bits per heavy atom. The van der Waals surface area contributed by atoms with Crippen molar-refractivity contribution in [2.24, 2.45) is 47.3 Å². The molecular weight excluding hydrogens is 983 g/mol. The van der Waals surface area contributed by atoms with Crippen molar-refractivity contribution < 1.29 is 57.4 Å². The van der Waals surface area contributed by atoms with Crippen LogP contribution in [0.15, 0.2) is 24.3 Å². The van der Waals surface area contributed by atoms with Crippen LogP contribution in [0.25, 0.3) is 0 Å². The number of allylic oxidation sites excluding steroid dienone is 4. The van der Waals surface area contributed by atoms with Crippen LogP contribution in [0.3, 0.4) is 0 Å². The Labute approximate surface area is 457 Å². The van der Waals surface area contributed by atoms with Crippen LogP contribution in [-0.4, -0.2) is 142 Å². The van der Waals surface area contributed by atoms with Crippen LogP contribution in [-0.2, 0) is 57.4 Å². The van der Waals surface area contributed by atoms with Crippen LogP contribution in [0.1, 0.15) is 146 Å². The number of ether oxygens (including phenoxy) is 3. The van der Waals surface area contributed by atoms with Gasteiger partial charge in [0.2, 0.25) is 35.4 Å². The molecule has 0 aromatic heterocycles. The van der Waals surface area contributed by atoms with E-state index in [0.717, 1.165) is 25.7 Å². The Bertz CT molecular complexity index is 2130. The topological polar surface area (TPSA) is 206 Å². The average molecular weight is 1070 g/mol. The summed E-state index contributed by atoms with van der Waals surface area (Å²) < 4.78 is 15.6. The van der Waals surface area contributed by atoms with E-state index in [4.69, 9.17) is 33.5 Å². The summed E-state index contributed by atoms with van der Waals surface area (Å²) in [5.74, 6) is 6.48. The second kappa shape index (κ2) is 28.9. The van der Waals surface area contributed by atoms with E-state index >= 15 is 0 Å². The number of hydrogen-bond donors (Lipinski definition) is 1. The Kier molecular flexibility index (Phi) is 23.8. The third-order valence-corrected chi connectivity index (χ3v) is 14.1. The maximum absolute atomic E-state index is 12.7. The molecular formula is C60H85N5O12. The van der Waals surface area contributed by atoms with Crippen LogP contribution in [0.4, 0.5) is 0 Å². The molecule has 6 aliphatic rings. The maximum Gasteiger partial charge on any atom is 0.308 e. The third-order valence-electron chi connectivity index (χ3n) is 14.1. The van der Waals surface area contributed by atoms with E-state index in [-0.39, 0.29) is 140 Å². The maximum atomic E-state index is 12.7. The number of carbonyl (C=O) groups excluding carboxylic acids is 9. The van der Waals surface area contributed by atoms with Crippen molar-refractivity contribution >= 4 is 53.4 Å². The lowest BCUT2D eigenvalue weighted by Gasteiger charge is -2.23. The largest absolute Gasteiger partial charge is 0.460 e. The zero-order valence-corrected chi connectivity index (χ0v) is 47.2. The lowest BCUT2D eigenvalue weighted by atomic mass is 9.85. The third kappa shape index (κ3) is 19.3. The Morgan fingerprint density at radius 2 is 0.831 bits per heavy atom. The summed E-state index contributed by atoms with van der Waals surface area (Å²) in [4.78, 5) is 117. The fourth-order valence-corrected chi connectivity index (χ4v) is 10.9. The molecule has 422 valence electrons. The molecule has 2 heterocycles. The molecule has 8 atom stereocenters. The number of hydrogen-bond acceptors (Lipinski definition) is 13. The van der Waals surface area contributed by atoms with E-state index in [1.807, 2.05) is 20.8 Å². The minimum atomic E-state index is -0.565. The first-order valence-corrected chi connectivity index (χ1v) is 27.5. The highest BCUT2D eigenvalue weighted by atomic mass is 16.6. The molecule has 17 nitrogen and oxygen atoms in total. The number of imide groups is 2. The molecule has 0 spiro atoms. The van der Waals surface area contributed by atoms with Crippen molar-refractivity contribution in [1.29, 1.82) is 0 Å². The Balaban J connectivity index is 0.000000272. The SMILES string of the molecule is C#CCN(CCC(=O)OC(C)(C)C)C(=O)CCCCCN1C(=O)[C@@H]2[C@H](C1=O)[C@H]1C=C[C@@H]2C1.C#CCN(CCC(=O)OC(C)(C)C)C(=O)CCCCCN1C(=O)[C@@H]2[C@H](C1=O)[C@H]1C=C[C@@H]2C1.C#CCNCCC(=O)OC(C)(C)C. The number of unbranched alkanes of at least 4 members (excludes halogenated alkanes) is 4. The molecule has 4 aliphatic carbocycles. The molecule has 6 rings (SSSR count). The van der Waals surface area contributed by atoms with E-state index in [9.17, 15) is 43.2 Å². The van der Waals surface area contributed by atoms with E-state index in [1.165, 1.54) is 19.6 Å². The smallest absolute Gasteiger partial charge is 0.308 e. The van der Waals surface area contributed by atoms with Gasteiger partial charge in [0.1, 0.15) is 16.8 Å². The van der Waals surface area contributed by atoms with E-state index < -0.39 is 16.8 Å². The van der Waals surface area contributed by atoms with E-state index in [0.29, 0.717) is 71.1 Å². The van der Waals surface area contributed by atoms with Gasteiger partial charge in [-0.1, -0.05) is 54.9 Å². The number of nitrogens with one attached hydrogen (secondary N) is 1. The van der Waals surface area contributed by atoms with Gasteiger partial charge < -0.3 is 29.3 Å². The van der Waals surface area contributed by atoms with Gasteiger partial charge in [0, 0.05) is 45.6 Å². The van der Waals surface area contributed by atoms with Crippen molar-refractivity contribution in [2.75, 3.05) is 52.4 Å². The van der Waals surface area contributed by atoms with Gasteiger partial charge in [-0.3, -0.25) is 53.0 Å². The van der Waals surface area contributed by atoms with Gasteiger partial charge in [-0.25, -0.2) is 0 Å². The molecule has 4 bridgehead atoms. The van der Waals surface area contributed by atoms with Crippen molar-refractivity contribution in [2.45, 2.75) is 163 Å². The van der Waals surface area contributed by atoms with Gasteiger partial charge in [0.05, 0.1) is 62.6 Å². The number of terminal acetylenes is 3. The number of fused-ring (bicyclic) bond motifs is 10. The number of carbonyl (C=O) groups is 9. The fourth-order valence-electron chi connectivity index (χ4n) is 10.9. The monoisotopic (exact) mass is 1070 g/mol. The molecule has 2 aliphatic heterocycles. The van der Waals surface area contributed by atoms with Crippen LogP contribution < -0.4 is 5.32 Å². The van der Waals surface area contributed by atoms with Crippen molar-refractivity contribution in [1.82, 2.24) is 24.9 Å². The van der Waals surface area contributed by atoms with Gasteiger partial charge in [-0.05, 0) is 125 Å². The molecule has 4 fully saturated rings. The van der Waals surface area contributed by atoms with Crippen LogP contribution >= 0.6 is 0 Å². The summed E-state index contributed by atoms with van der Waals surface area (Å²) in [6.45, 7) is 19.0. The van der Waals surface area contributed by atoms with Gasteiger partial charge >= 0.3 is 17.9 Å². The molecule has 6 amide bonds. The second-order valence-electron chi connectivity index (χ2n) is 23.7. The first-order valence-electron chi connectivity index (χ1n) is 27.5. The lowest BCUT2D eigenvalue weighted by molar-refractivity contribution is -0.156. The molecule has 0 aromatic rings. The summed E-state index contributed by atoms with van der Waals surface area (Å²) in [6.07, 6.45) is 31.3. The summed E-state index contributed by atoms with van der Waals surface area (Å²) in [6, 6.07) is 0. The standard InChI is InChI=1S/2C25H34N2O5.C10H17NO2/c2*1-5-13-26(15-12-20(29)32-25(2,3)4)19(28)9-7-6-8-14-27-23(30)21-17-10-11-18(16-17)22(21)24(27)31;1-5-7-11-8-6-9(12)13-10(2,3)4/h2*1,10-11,17-18,21-22H,6-9,12-16H2,2-4H3;1,11H,6-8H2,2-4H3/t2*17-,18+,21+,22-;. The number of amides is 6. The van der Waals surface area contributed by atoms with Crippen LogP contribution in [0, 0.1) is 84.4 Å². The molecule has 1 N–H and O–H groups in total. The molecule has 17 heteroatoms. The number of likely N-dealkylation sites (tertiary alicyclic amines) is 2. The lowest BCUT2D eigenvalue weighted by Crippen LogP contribution is -2.35. The minimum absolute atomic E-state index is 0.0183. The number of nitrogens with zero attached hydrogens (tertiary/aromatic N) is 4. The number of esters is 3. The summed E-state index contributed by atoms with van der Waals surface area (Å²) in [5.41, 5.74) is -1.53. The van der Waals surface area contributed by atoms with E-state index in [1.54, 1.807) is 41.5 Å². The Hall–Kier alpha value is -6.25. The first-order chi connectivity index (χ1) is 36.2. The minimum Gasteiger partial charge on any atom is -0.460 e. The zero-order chi connectivity index (χ0) is 57.3. The molecule has 77 heavy (non-hydrogen) atoms. The van der Waals surface area contributed by atoms with Gasteiger partial charge in [-0.15, -0.1) is 19.3 Å². The highest BCUT2D eigenvalue weighted by Gasteiger charge is 2.60. The second-order valence-corrected chi connectivity index (χ2v) is 23.7. The van der Waals surface area contributed by atoms with Crippen LogP contribution in [0.5, 0.6) is 0 Å². The highest BCUT2D eigenvalue weighted by Crippen LogP contribution is 2.53. The van der Waals surface area contributed by atoms with Gasteiger partial charge in [0.25, 0.3) is 0 Å². The molecule has 0 radical (unpaired) electrons. The summed E-state index contributed by atoms with van der Waals surface area (Å²) >= 11 is 0. The van der Waals surface area contributed by atoms with Crippen LogP contribution in [0.2, 0.25) is 0 Å². The first kappa shape index (κ1) is 63.3. The van der Waals surface area contributed by atoms with Crippen molar-refractivity contribution in [3.05, 3.63) is 24.3 Å². The van der Waals surface area contributed by atoms with Gasteiger partial charge in [0.15, 0.2) is 0 Å². The molecule has 0 unspecified atom stereocenters. The van der Waals surface area contributed by atoms with Gasteiger partial charge in [-0.2, -0.15) is 0 Å². The molecule has 2 saturated carbocycles. The van der Waals surface area contributed by atoms with Crippen molar-refractivity contribution in [3.8, 4) is 37.0 Å². The predicted octanol–water partition coefficient (Wildman–Crippen LogP) is 6.04. The van der Waals surface area contributed by atoms with Crippen molar-refractivity contribution in [3.63, 3.8) is 0 Å². The predicted molar refractivity (Wildman–Crippen MR) is 290 cm³/mol. The highest BCUT2D eigenvalue weighted by molar-refractivity contribution is 6.07. The Morgan fingerprint density at radius 1 is 0.506 bits per heavy atom.